The van der Waals surface area contributed by atoms with Crippen molar-refractivity contribution in [2.24, 2.45) is 0 Å². The van der Waals surface area contributed by atoms with Crippen LogP contribution in [-0.2, 0) is 17.8 Å². The SMILES string of the molecule is CC(C)c1cc2c(o1)COCC2. The third kappa shape index (κ3) is 1.27. The molecule has 0 fully saturated rings. The van der Waals surface area contributed by atoms with Crippen LogP contribution < -0.4 is 0 Å². The summed E-state index contributed by atoms with van der Waals surface area (Å²) in [6.07, 6.45) is 1.01. The van der Waals surface area contributed by atoms with E-state index in [0.29, 0.717) is 12.5 Å². The normalized spacial score (nSPS) is 16.6. The molecule has 0 atom stereocenters. The summed E-state index contributed by atoms with van der Waals surface area (Å²) < 4.78 is 10.9. The van der Waals surface area contributed by atoms with Crippen LogP contribution in [-0.4, -0.2) is 6.61 Å². The van der Waals surface area contributed by atoms with Gasteiger partial charge in [-0.05, 0) is 18.1 Å². The van der Waals surface area contributed by atoms with Crippen molar-refractivity contribution >= 4 is 0 Å². The van der Waals surface area contributed by atoms with Crippen LogP contribution in [0, 0.1) is 0 Å². The highest BCUT2D eigenvalue weighted by Gasteiger charge is 2.16. The molecule has 0 saturated carbocycles. The first-order valence-corrected chi connectivity index (χ1v) is 4.46. The summed E-state index contributed by atoms with van der Waals surface area (Å²) in [6, 6.07) is 2.17. The van der Waals surface area contributed by atoms with Crippen molar-refractivity contribution in [3.63, 3.8) is 0 Å². The number of hydrogen-bond donors (Lipinski definition) is 0. The van der Waals surface area contributed by atoms with Gasteiger partial charge in [-0.25, -0.2) is 0 Å². The molecule has 0 unspecified atom stereocenters. The number of hydrogen-bond acceptors (Lipinski definition) is 2. The Morgan fingerprint density at radius 1 is 1.42 bits per heavy atom. The van der Waals surface area contributed by atoms with Crippen LogP contribution in [0.25, 0.3) is 0 Å². The van der Waals surface area contributed by atoms with Gasteiger partial charge < -0.3 is 9.15 Å². The molecule has 2 nitrogen and oxygen atoms in total. The molecule has 0 N–H and O–H groups in total. The van der Waals surface area contributed by atoms with Gasteiger partial charge in [0.2, 0.25) is 0 Å². The minimum atomic E-state index is 0.482. The molecule has 1 aromatic heterocycles. The first kappa shape index (κ1) is 7.87. The molecule has 2 heteroatoms. The van der Waals surface area contributed by atoms with Crippen LogP contribution in [0.1, 0.15) is 36.8 Å². The highest BCUT2D eigenvalue weighted by molar-refractivity contribution is 5.24. The Labute approximate surface area is 72.5 Å². The second kappa shape index (κ2) is 2.94. The van der Waals surface area contributed by atoms with Crippen molar-refractivity contribution in [2.45, 2.75) is 32.8 Å². The van der Waals surface area contributed by atoms with Crippen molar-refractivity contribution in [3.05, 3.63) is 23.2 Å². The zero-order valence-electron chi connectivity index (χ0n) is 7.59. The van der Waals surface area contributed by atoms with Crippen molar-refractivity contribution in [2.75, 3.05) is 6.61 Å². The van der Waals surface area contributed by atoms with E-state index in [1.54, 1.807) is 0 Å². The van der Waals surface area contributed by atoms with Crippen LogP contribution in [0.5, 0.6) is 0 Å². The van der Waals surface area contributed by atoms with Crippen LogP contribution in [0.4, 0.5) is 0 Å². The van der Waals surface area contributed by atoms with Gasteiger partial charge in [-0.15, -0.1) is 0 Å². The van der Waals surface area contributed by atoms with Gasteiger partial charge >= 0.3 is 0 Å². The molecule has 0 saturated heterocycles. The zero-order chi connectivity index (χ0) is 8.55. The molecule has 0 bridgehead atoms. The Morgan fingerprint density at radius 2 is 2.25 bits per heavy atom. The molecule has 0 aliphatic carbocycles. The van der Waals surface area contributed by atoms with Gasteiger partial charge in [0, 0.05) is 5.92 Å². The molecule has 2 rings (SSSR count). The molecule has 0 amide bonds. The van der Waals surface area contributed by atoms with Crippen LogP contribution in [0.3, 0.4) is 0 Å². The standard InChI is InChI=1S/C10H14O2/c1-7(2)9-5-8-3-4-11-6-10(8)12-9/h5,7H,3-4,6H2,1-2H3. The van der Waals surface area contributed by atoms with E-state index < -0.39 is 0 Å². The Kier molecular flexibility index (Phi) is 1.93. The van der Waals surface area contributed by atoms with Crippen LogP contribution >= 0.6 is 0 Å². The topological polar surface area (TPSA) is 22.4 Å². The maximum absolute atomic E-state index is 5.64. The third-order valence-corrected chi connectivity index (χ3v) is 2.23. The lowest BCUT2D eigenvalue weighted by Crippen LogP contribution is -2.06. The third-order valence-electron chi connectivity index (χ3n) is 2.23. The Hall–Kier alpha value is -0.760. The van der Waals surface area contributed by atoms with Gasteiger partial charge in [0.05, 0.1) is 6.61 Å². The largest absolute Gasteiger partial charge is 0.463 e. The van der Waals surface area contributed by atoms with Crippen molar-refractivity contribution in [1.29, 1.82) is 0 Å². The first-order chi connectivity index (χ1) is 5.77. The number of ether oxygens (including phenoxy) is 1. The predicted octanol–water partition coefficient (Wildman–Crippen LogP) is 2.48. The molecule has 1 aromatic rings. The lowest BCUT2D eigenvalue weighted by molar-refractivity contribution is 0.0929. The predicted molar refractivity (Wildman–Crippen MR) is 46.2 cm³/mol. The summed E-state index contributed by atoms with van der Waals surface area (Å²) >= 11 is 0. The maximum atomic E-state index is 5.64. The molecule has 0 aromatic carbocycles. The fourth-order valence-electron chi connectivity index (χ4n) is 1.45. The quantitative estimate of drug-likeness (QED) is 0.639. The lowest BCUT2D eigenvalue weighted by atomic mass is 10.1. The van der Waals surface area contributed by atoms with Gasteiger partial charge in [0.1, 0.15) is 18.1 Å². The molecule has 0 radical (unpaired) electrons. The molecule has 1 aliphatic rings. The molecular formula is C10H14O2. The number of furan rings is 1. The van der Waals surface area contributed by atoms with Gasteiger partial charge in [-0.2, -0.15) is 0 Å². The summed E-state index contributed by atoms with van der Waals surface area (Å²) in [7, 11) is 0. The maximum Gasteiger partial charge on any atom is 0.133 e. The Balaban J connectivity index is 2.32. The van der Waals surface area contributed by atoms with Gasteiger partial charge in [-0.3, -0.25) is 0 Å². The van der Waals surface area contributed by atoms with E-state index in [4.69, 9.17) is 9.15 Å². The fraction of sp³-hybridized carbons (Fsp3) is 0.600. The van der Waals surface area contributed by atoms with E-state index in [2.05, 4.69) is 19.9 Å². The second-order valence-corrected chi connectivity index (χ2v) is 3.55. The van der Waals surface area contributed by atoms with E-state index >= 15 is 0 Å². The summed E-state index contributed by atoms with van der Waals surface area (Å²) in [5.41, 5.74) is 1.34. The van der Waals surface area contributed by atoms with Crippen molar-refractivity contribution in [1.82, 2.24) is 0 Å². The Bertz CT molecular complexity index is 250. The zero-order valence-corrected chi connectivity index (χ0v) is 7.59. The summed E-state index contributed by atoms with van der Waals surface area (Å²) in [5, 5.41) is 0. The lowest BCUT2D eigenvalue weighted by Gasteiger charge is -2.09. The smallest absolute Gasteiger partial charge is 0.133 e. The second-order valence-electron chi connectivity index (χ2n) is 3.55. The molecular weight excluding hydrogens is 152 g/mol. The van der Waals surface area contributed by atoms with E-state index in [1.165, 1.54) is 5.56 Å². The van der Waals surface area contributed by atoms with E-state index in [9.17, 15) is 0 Å². The molecule has 66 valence electrons. The average molecular weight is 166 g/mol. The summed E-state index contributed by atoms with van der Waals surface area (Å²) in [4.78, 5) is 0. The summed E-state index contributed by atoms with van der Waals surface area (Å²) in [5.74, 6) is 2.60. The Morgan fingerprint density at radius 3 is 2.92 bits per heavy atom. The molecule has 12 heavy (non-hydrogen) atoms. The average Bonchev–Trinajstić information content (AvgIpc) is 2.46. The van der Waals surface area contributed by atoms with Gasteiger partial charge in [0.25, 0.3) is 0 Å². The monoisotopic (exact) mass is 166 g/mol. The van der Waals surface area contributed by atoms with Crippen molar-refractivity contribution < 1.29 is 9.15 Å². The first-order valence-electron chi connectivity index (χ1n) is 4.46. The molecule has 0 spiro atoms. The van der Waals surface area contributed by atoms with Crippen molar-refractivity contribution in [3.8, 4) is 0 Å². The highest BCUT2D eigenvalue weighted by Crippen LogP contribution is 2.25. The molecule has 2 heterocycles. The highest BCUT2D eigenvalue weighted by atomic mass is 16.5. The van der Waals surface area contributed by atoms with Crippen LogP contribution in [0.2, 0.25) is 0 Å². The minimum Gasteiger partial charge on any atom is -0.463 e. The fourth-order valence-corrected chi connectivity index (χ4v) is 1.45. The van der Waals surface area contributed by atoms with E-state index in [1.807, 2.05) is 0 Å². The summed E-state index contributed by atoms with van der Waals surface area (Å²) in [6.45, 7) is 5.78. The van der Waals surface area contributed by atoms with E-state index in [0.717, 1.165) is 24.5 Å². The van der Waals surface area contributed by atoms with Gasteiger partial charge in [-0.1, -0.05) is 13.8 Å². The van der Waals surface area contributed by atoms with Crippen LogP contribution in [0.15, 0.2) is 10.5 Å². The minimum absolute atomic E-state index is 0.482. The van der Waals surface area contributed by atoms with Gasteiger partial charge in [0.15, 0.2) is 0 Å². The molecule has 1 aliphatic heterocycles. The van der Waals surface area contributed by atoms with E-state index in [-0.39, 0.29) is 0 Å². The number of fused-ring (bicyclic) bond motifs is 1. The number of rotatable bonds is 1.